The molecule has 1 aromatic carbocycles. The van der Waals surface area contributed by atoms with Gasteiger partial charge in [-0.1, -0.05) is 30.3 Å². The molecule has 0 amide bonds. The number of nitro groups is 1. The maximum atomic E-state index is 11.1. The lowest BCUT2D eigenvalue weighted by Crippen LogP contribution is -2.32. The Morgan fingerprint density at radius 1 is 1.45 bits per heavy atom. The van der Waals surface area contributed by atoms with E-state index in [-0.39, 0.29) is 17.8 Å². The number of carboxylic acid groups (broad SMARTS) is 1. The highest BCUT2D eigenvalue weighted by molar-refractivity contribution is 5.73. The van der Waals surface area contributed by atoms with Crippen LogP contribution in [0, 0.1) is 10.1 Å². The molecule has 22 heavy (non-hydrogen) atoms. The topological polar surface area (TPSA) is 124 Å². The van der Waals surface area contributed by atoms with Gasteiger partial charge < -0.3 is 21.0 Å². The Morgan fingerprint density at radius 3 is 2.64 bits per heavy atom. The molecular weight excluding hydrogens is 288 g/mol. The average Bonchev–Trinajstić information content (AvgIpc) is 2.77. The molecule has 0 saturated heterocycles. The first kappa shape index (κ1) is 15.6. The monoisotopic (exact) mass is 304 g/mol. The minimum Gasteiger partial charge on any atom is -0.480 e. The van der Waals surface area contributed by atoms with Gasteiger partial charge >= 0.3 is 11.8 Å². The van der Waals surface area contributed by atoms with Crippen molar-refractivity contribution in [3.8, 4) is 0 Å². The summed E-state index contributed by atoms with van der Waals surface area (Å²) in [6.45, 7) is 0. The predicted octanol–water partition coefficient (Wildman–Crippen LogP) is 0.873. The van der Waals surface area contributed by atoms with Crippen LogP contribution >= 0.6 is 0 Å². The van der Waals surface area contributed by atoms with Gasteiger partial charge in [0, 0.05) is 12.8 Å². The number of hydrogen-bond donors (Lipinski definition) is 2. The minimum atomic E-state index is -1.21. The summed E-state index contributed by atoms with van der Waals surface area (Å²) in [5.74, 6) is -1.55. The number of hydrogen-bond acceptors (Lipinski definition) is 5. The maximum Gasteiger partial charge on any atom is 0.393 e. The van der Waals surface area contributed by atoms with Crippen LogP contribution in [0.4, 0.5) is 5.82 Å². The Labute approximate surface area is 126 Å². The first-order valence-electron chi connectivity index (χ1n) is 6.61. The third-order valence-electron chi connectivity index (χ3n) is 3.38. The second kappa shape index (κ2) is 6.35. The van der Waals surface area contributed by atoms with Crippen LogP contribution < -0.4 is 5.73 Å². The maximum absolute atomic E-state index is 11.1. The van der Waals surface area contributed by atoms with Crippen LogP contribution in [0.3, 0.4) is 0 Å². The zero-order valence-electron chi connectivity index (χ0n) is 12.0. The third-order valence-corrected chi connectivity index (χ3v) is 3.38. The molecule has 0 saturated carbocycles. The predicted molar refractivity (Wildman–Crippen MR) is 78.4 cm³/mol. The van der Waals surface area contributed by atoms with E-state index in [0.29, 0.717) is 12.1 Å². The van der Waals surface area contributed by atoms with Crippen molar-refractivity contribution in [2.45, 2.75) is 18.9 Å². The average molecular weight is 304 g/mol. The SMILES string of the molecule is Cn1nc([N+](=O)[O-])c(C[C@H](N)C(=O)O)c1Cc1ccccc1. The molecule has 116 valence electrons. The summed E-state index contributed by atoms with van der Waals surface area (Å²) < 4.78 is 1.41. The van der Waals surface area contributed by atoms with Crippen molar-refractivity contribution in [2.24, 2.45) is 12.8 Å². The van der Waals surface area contributed by atoms with E-state index in [1.807, 2.05) is 30.3 Å². The lowest BCUT2D eigenvalue weighted by molar-refractivity contribution is -0.390. The number of aliphatic carboxylic acids is 1. The molecule has 0 bridgehead atoms. The van der Waals surface area contributed by atoms with Crippen LogP contribution in [0.5, 0.6) is 0 Å². The smallest absolute Gasteiger partial charge is 0.393 e. The van der Waals surface area contributed by atoms with Gasteiger partial charge in [-0.05, 0) is 10.5 Å². The van der Waals surface area contributed by atoms with Crippen LogP contribution in [0.25, 0.3) is 0 Å². The zero-order chi connectivity index (χ0) is 16.3. The van der Waals surface area contributed by atoms with Crippen molar-refractivity contribution in [2.75, 3.05) is 0 Å². The molecule has 0 radical (unpaired) electrons. The van der Waals surface area contributed by atoms with E-state index in [2.05, 4.69) is 5.10 Å². The third kappa shape index (κ3) is 3.29. The number of nitrogens with two attached hydrogens (primary N) is 1. The second-order valence-corrected chi connectivity index (χ2v) is 4.94. The summed E-state index contributed by atoms with van der Waals surface area (Å²) in [6.07, 6.45) is 0.279. The van der Waals surface area contributed by atoms with Gasteiger partial charge in [0.05, 0.1) is 23.4 Å². The quantitative estimate of drug-likeness (QED) is 0.602. The highest BCUT2D eigenvalue weighted by Gasteiger charge is 2.29. The number of aryl methyl sites for hydroxylation is 1. The molecule has 2 aromatic rings. The van der Waals surface area contributed by atoms with Crippen LogP contribution in [-0.4, -0.2) is 31.8 Å². The fourth-order valence-electron chi connectivity index (χ4n) is 2.26. The molecule has 1 aromatic heterocycles. The molecule has 8 nitrogen and oxygen atoms in total. The molecule has 0 aliphatic carbocycles. The second-order valence-electron chi connectivity index (χ2n) is 4.94. The van der Waals surface area contributed by atoms with Crippen LogP contribution in [0.2, 0.25) is 0 Å². The Balaban J connectivity index is 2.43. The standard InChI is InChI=1S/C14H16N4O4/c1-17-12(7-9-5-3-2-4-6-9)10(8-11(15)14(19)20)13(16-17)18(21)22/h2-6,11H,7-8,15H2,1H3,(H,19,20)/t11-/m0/s1. The Bertz CT molecular complexity index is 696. The van der Waals surface area contributed by atoms with Crippen molar-refractivity contribution in [1.29, 1.82) is 0 Å². The summed E-state index contributed by atoms with van der Waals surface area (Å²) in [5.41, 5.74) is 7.34. The Hall–Kier alpha value is -2.74. The van der Waals surface area contributed by atoms with E-state index < -0.39 is 16.9 Å². The summed E-state index contributed by atoms with van der Waals surface area (Å²) in [7, 11) is 1.60. The van der Waals surface area contributed by atoms with Crippen molar-refractivity contribution >= 4 is 11.8 Å². The fourth-order valence-corrected chi connectivity index (χ4v) is 2.26. The number of benzene rings is 1. The Kier molecular flexibility index (Phi) is 4.52. The van der Waals surface area contributed by atoms with Crippen molar-refractivity contribution < 1.29 is 14.8 Å². The molecule has 0 spiro atoms. The number of carbonyl (C=O) groups is 1. The number of carboxylic acids is 1. The largest absolute Gasteiger partial charge is 0.480 e. The zero-order valence-corrected chi connectivity index (χ0v) is 12.0. The first-order chi connectivity index (χ1) is 10.4. The summed E-state index contributed by atoms with van der Waals surface area (Å²) in [6, 6.07) is 8.17. The first-order valence-corrected chi connectivity index (χ1v) is 6.61. The van der Waals surface area contributed by atoms with E-state index in [4.69, 9.17) is 10.8 Å². The number of rotatable bonds is 6. The molecule has 3 N–H and O–H groups in total. The summed E-state index contributed by atoms with van der Waals surface area (Å²) >= 11 is 0. The van der Waals surface area contributed by atoms with Gasteiger partial charge in [-0.15, -0.1) is 0 Å². The molecule has 0 fully saturated rings. The molecule has 1 atom stereocenters. The van der Waals surface area contributed by atoms with Crippen LogP contribution in [0.1, 0.15) is 16.8 Å². The molecule has 2 rings (SSSR count). The molecular formula is C14H16N4O4. The van der Waals surface area contributed by atoms with E-state index >= 15 is 0 Å². The normalized spacial score (nSPS) is 12.1. The van der Waals surface area contributed by atoms with Gasteiger partial charge in [0.1, 0.15) is 6.04 Å². The summed E-state index contributed by atoms with van der Waals surface area (Å²) in [4.78, 5) is 21.5. The van der Waals surface area contributed by atoms with Gasteiger partial charge in [0.2, 0.25) is 0 Å². The fraction of sp³-hybridized carbons (Fsp3) is 0.286. The van der Waals surface area contributed by atoms with Crippen LogP contribution in [0.15, 0.2) is 30.3 Å². The van der Waals surface area contributed by atoms with Crippen molar-refractivity contribution in [1.82, 2.24) is 9.78 Å². The van der Waals surface area contributed by atoms with Crippen molar-refractivity contribution in [3.63, 3.8) is 0 Å². The van der Waals surface area contributed by atoms with Gasteiger partial charge in [0.25, 0.3) is 0 Å². The van der Waals surface area contributed by atoms with Gasteiger partial charge in [-0.3, -0.25) is 4.79 Å². The molecule has 1 heterocycles. The Morgan fingerprint density at radius 2 is 2.09 bits per heavy atom. The number of nitrogens with zero attached hydrogens (tertiary/aromatic N) is 3. The van der Waals surface area contributed by atoms with E-state index in [9.17, 15) is 14.9 Å². The molecule has 8 heteroatoms. The highest BCUT2D eigenvalue weighted by Crippen LogP contribution is 2.24. The van der Waals surface area contributed by atoms with Gasteiger partial charge in [0.15, 0.2) is 0 Å². The van der Waals surface area contributed by atoms with E-state index in [0.717, 1.165) is 5.56 Å². The lowest BCUT2D eigenvalue weighted by Gasteiger charge is -2.07. The lowest BCUT2D eigenvalue weighted by atomic mass is 10.0. The van der Waals surface area contributed by atoms with Crippen molar-refractivity contribution in [3.05, 3.63) is 57.3 Å². The van der Waals surface area contributed by atoms with E-state index in [1.54, 1.807) is 7.05 Å². The minimum absolute atomic E-state index is 0.137. The van der Waals surface area contributed by atoms with Crippen LogP contribution in [-0.2, 0) is 24.7 Å². The highest BCUT2D eigenvalue weighted by atomic mass is 16.6. The molecule has 0 aliphatic rings. The number of aromatic nitrogens is 2. The van der Waals surface area contributed by atoms with Gasteiger partial charge in [-0.2, -0.15) is 4.68 Å². The summed E-state index contributed by atoms with van der Waals surface area (Å²) in [5, 5.41) is 24.0. The molecule has 0 unspecified atom stereocenters. The van der Waals surface area contributed by atoms with Gasteiger partial charge in [-0.25, -0.2) is 0 Å². The molecule has 0 aliphatic heterocycles. The van der Waals surface area contributed by atoms with E-state index in [1.165, 1.54) is 4.68 Å².